The molecule has 0 saturated carbocycles. The highest BCUT2D eigenvalue weighted by Gasteiger charge is 2.15. The number of rotatable bonds is 5. The van der Waals surface area contributed by atoms with Crippen molar-refractivity contribution < 1.29 is 19.1 Å². The summed E-state index contributed by atoms with van der Waals surface area (Å²) in [4.78, 5) is 21.8. The zero-order valence-electron chi connectivity index (χ0n) is 8.83. The van der Waals surface area contributed by atoms with Gasteiger partial charge in [-0.15, -0.1) is 0 Å². The summed E-state index contributed by atoms with van der Waals surface area (Å²) in [5.74, 6) is -0.711. The summed E-state index contributed by atoms with van der Waals surface area (Å²) >= 11 is 0. The topological polar surface area (TPSA) is 52.6 Å². The Kier molecular flexibility index (Phi) is 5.60. The Hall–Kier alpha value is -1.32. The normalized spacial score (nSPS) is 11.6. The van der Waals surface area contributed by atoms with Gasteiger partial charge in [0.1, 0.15) is 0 Å². The number of hydrogen-bond donors (Lipinski definition) is 0. The summed E-state index contributed by atoms with van der Waals surface area (Å²) in [7, 11) is 2.65. The summed E-state index contributed by atoms with van der Waals surface area (Å²) in [5, 5.41) is 0. The lowest BCUT2D eigenvalue weighted by Gasteiger charge is -2.11. The van der Waals surface area contributed by atoms with Gasteiger partial charge in [-0.25, -0.2) is 0 Å². The minimum atomic E-state index is -0.341. The Morgan fingerprint density at radius 2 is 1.71 bits per heavy atom. The Bertz CT molecular complexity index is 232. The van der Waals surface area contributed by atoms with E-state index in [1.54, 1.807) is 0 Å². The molecule has 0 aliphatic heterocycles. The van der Waals surface area contributed by atoms with Crippen LogP contribution in [-0.4, -0.2) is 26.2 Å². The lowest BCUT2D eigenvalue weighted by atomic mass is 9.97. The van der Waals surface area contributed by atoms with Crippen molar-refractivity contribution in [1.82, 2.24) is 0 Å². The summed E-state index contributed by atoms with van der Waals surface area (Å²) in [5.41, 5.74) is 0.683. The average molecular weight is 200 g/mol. The lowest BCUT2D eigenvalue weighted by molar-refractivity contribution is -0.142. The van der Waals surface area contributed by atoms with E-state index in [4.69, 9.17) is 0 Å². The van der Waals surface area contributed by atoms with E-state index in [9.17, 15) is 9.59 Å². The van der Waals surface area contributed by atoms with Crippen molar-refractivity contribution in [1.29, 1.82) is 0 Å². The van der Waals surface area contributed by atoms with Gasteiger partial charge in [0.2, 0.25) is 0 Å². The fraction of sp³-hybridized carbons (Fsp3) is 0.600. The maximum Gasteiger partial charge on any atom is 0.309 e. The molecule has 0 aliphatic rings. The maximum atomic E-state index is 10.9. The van der Waals surface area contributed by atoms with Crippen molar-refractivity contribution in [3.8, 4) is 0 Å². The van der Waals surface area contributed by atoms with Gasteiger partial charge in [-0.2, -0.15) is 0 Å². The van der Waals surface area contributed by atoms with Crippen molar-refractivity contribution in [3.63, 3.8) is 0 Å². The predicted molar refractivity (Wildman–Crippen MR) is 51.6 cm³/mol. The van der Waals surface area contributed by atoms with E-state index in [0.29, 0.717) is 5.57 Å². The number of carbonyl (C=O) groups is 2. The van der Waals surface area contributed by atoms with Crippen molar-refractivity contribution in [2.75, 3.05) is 14.2 Å². The molecular formula is C10H16O4. The van der Waals surface area contributed by atoms with Crippen LogP contribution in [-0.2, 0) is 19.1 Å². The smallest absolute Gasteiger partial charge is 0.309 e. The highest BCUT2D eigenvalue weighted by molar-refractivity contribution is 5.73. The molecule has 0 spiro atoms. The van der Waals surface area contributed by atoms with E-state index < -0.39 is 0 Å². The van der Waals surface area contributed by atoms with Crippen LogP contribution in [0, 0.1) is 5.92 Å². The Labute approximate surface area is 83.9 Å². The van der Waals surface area contributed by atoms with Crippen molar-refractivity contribution in [3.05, 3.63) is 12.2 Å². The first-order chi connectivity index (χ1) is 6.51. The molecule has 0 heterocycles. The van der Waals surface area contributed by atoms with Crippen molar-refractivity contribution in [2.45, 2.75) is 19.8 Å². The molecule has 0 rings (SSSR count). The van der Waals surface area contributed by atoms with Gasteiger partial charge in [0.15, 0.2) is 0 Å². The monoisotopic (exact) mass is 200 g/mol. The van der Waals surface area contributed by atoms with Gasteiger partial charge in [0.05, 0.1) is 27.1 Å². The number of esters is 2. The highest BCUT2D eigenvalue weighted by Crippen LogP contribution is 2.16. The van der Waals surface area contributed by atoms with Crippen molar-refractivity contribution in [2.24, 2.45) is 5.92 Å². The molecule has 0 aromatic rings. The van der Waals surface area contributed by atoms with Crippen molar-refractivity contribution >= 4 is 11.9 Å². The summed E-state index contributed by atoms with van der Waals surface area (Å²) in [6.07, 6.45) is 0.390. The lowest BCUT2D eigenvalue weighted by Crippen LogP contribution is -2.12. The van der Waals surface area contributed by atoms with Gasteiger partial charge in [0.25, 0.3) is 0 Å². The molecule has 0 aliphatic carbocycles. The van der Waals surface area contributed by atoms with Gasteiger partial charge in [-0.1, -0.05) is 19.1 Å². The van der Waals surface area contributed by atoms with Crippen LogP contribution < -0.4 is 0 Å². The minimum absolute atomic E-state index is 0.0680. The van der Waals surface area contributed by atoms with E-state index >= 15 is 0 Å². The van der Waals surface area contributed by atoms with E-state index in [0.717, 1.165) is 0 Å². The second-order valence-corrected chi connectivity index (χ2v) is 3.09. The van der Waals surface area contributed by atoms with Crippen LogP contribution in [0.15, 0.2) is 12.2 Å². The van der Waals surface area contributed by atoms with E-state index in [1.165, 1.54) is 14.2 Å². The summed E-state index contributed by atoms with van der Waals surface area (Å²) in [6.45, 7) is 5.54. The molecule has 14 heavy (non-hydrogen) atoms. The minimum Gasteiger partial charge on any atom is -0.469 e. The van der Waals surface area contributed by atoms with Crippen LogP contribution >= 0.6 is 0 Å². The highest BCUT2D eigenvalue weighted by atomic mass is 16.5. The molecule has 4 nitrogen and oxygen atoms in total. The van der Waals surface area contributed by atoms with E-state index in [1.807, 2.05) is 6.92 Å². The molecule has 0 N–H and O–H groups in total. The molecule has 0 aromatic carbocycles. The molecule has 1 atom stereocenters. The molecule has 0 saturated heterocycles. The summed E-state index contributed by atoms with van der Waals surface area (Å²) < 4.78 is 8.99. The SMILES string of the molecule is C=C(CC(=O)OC)C(C)CC(=O)OC. The molecule has 80 valence electrons. The molecular weight excluding hydrogens is 184 g/mol. The third-order valence-corrected chi connectivity index (χ3v) is 2.00. The second kappa shape index (κ2) is 6.18. The average Bonchev–Trinajstić information content (AvgIpc) is 2.17. The van der Waals surface area contributed by atoms with Crippen LogP contribution in [0.5, 0.6) is 0 Å². The standard InChI is InChI=1S/C10H16O4/c1-7(5-9(11)13-3)8(2)6-10(12)14-4/h8H,1,5-6H2,2-4H3. The van der Waals surface area contributed by atoms with Crippen LogP contribution in [0.3, 0.4) is 0 Å². The fourth-order valence-corrected chi connectivity index (χ4v) is 0.909. The van der Waals surface area contributed by atoms with Gasteiger partial charge in [-0.05, 0) is 5.92 Å². The zero-order chi connectivity index (χ0) is 11.1. The fourth-order valence-electron chi connectivity index (χ4n) is 0.909. The Morgan fingerprint density at radius 3 is 2.14 bits per heavy atom. The maximum absolute atomic E-state index is 10.9. The molecule has 0 fully saturated rings. The van der Waals surface area contributed by atoms with Gasteiger partial charge in [0, 0.05) is 0 Å². The van der Waals surface area contributed by atoms with E-state index in [2.05, 4.69) is 16.1 Å². The first kappa shape index (κ1) is 12.7. The van der Waals surface area contributed by atoms with Gasteiger partial charge >= 0.3 is 11.9 Å². The quantitative estimate of drug-likeness (QED) is 0.496. The van der Waals surface area contributed by atoms with E-state index in [-0.39, 0.29) is 30.7 Å². The Morgan fingerprint density at radius 1 is 1.21 bits per heavy atom. The number of ether oxygens (including phenoxy) is 2. The number of methoxy groups -OCH3 is 2. The largest absolute Gasteiger partial charge is 0.469 e. The Balaban J connectivity index is 3.99. The van der Waals surface area contributed by atoms with Gasteiger partial charge in [-0.3, -0.25) is 9.59 Å². The third-order valence-electron chi connectivity index (χ3n) is 2.00. The molecule has 0 amide bonds. The molecule has 0 bridgehead atoms. The first-order valence-corrected chi connectivity index (χ1v) is 4.32. The predicted octanol–water partition coefficient (Wildman–Crippen LogP) is 1.30. The van der Waals surface area contributed by atoms with Crippen LogP contribution in [0.25, 0.3) is 0 Å². The number of carbonyl (C=O) groups excluding carboxylic acids is 2. The summed E-state index contributed by atoms with van der Waals surface area (Å²) in [6, 6.07) is 0. The number of hydrogen-bond acceptors (Lipinski definition) is 4. The third kappa shape index (κ3) is 4.64. The zero-order valence-corrected chi connectivity index (χ0v) is 8.83. The second-order valence-electron chi connectivity index (χ2n) is 3.09. The molecule has 0 aromatic heterocycles. The molecule has 1 unspecified atom stereocenters. The van der Waals surface area contributed by atoms with Crippen LogP contribution in [0.1, 0.15) is 19.8 Å². The molecule has 0 radical (unpaired) electrons. The van der Waals surface area contributed by atoms with Crippen LogP contribution in [0.4, 0.5) is 0 Å². The molecule has 4 heteroatoms. The first-order valence-electron chi connectivity index (χ1n) is 4.32. The van der Waals surface area contributed by atoms with Gasteiger partial charge < -0.3 is 9.47 Å². The van der Waals surface area contributed by atoms with Crippen LogP contribution in [0.2, 0.25) is 0 Å².